The maximum atomic E-state index is 14.2. The highest BCUT2D eigenvalue weighted by molar-refractivity contribution is 5.50. The zero-order valence-corrected chi connectivity index (χ0v) is 13.3. The van der Waals surface area contributed by atoms with Gasteiger partial charge >= 0.3 is 0 Å². The van der Waals surface area contributed by atoms with Gasteiger partial charge in [-0.05, 0) is 38.7 Å². The van der Waals surface area contributed by atoms with Gasteiger partial charge in [0.1, 0.15) is 5.82 Å². The van der Waals surface area contributed by atoms with Gasteiger partial charge < -0.3 is 15.5 Å². The molecule has 4 nitrogen and oxygen atoms in total. The first-order valence-electron chi connectivity index (χ1n) is 7.64. The van der Waals surface area contributed by atoms with Crippen molar-refractivity contribution in [3.05, 3.63) is 29.6 Å². The fourth-order valence-electron chi connectivity index (χ4n) is 2.62. The summed E-state index contributed by atoms with van der Waals surface area (Å²) in [5, 5.41) is 0. The highest BCUT2D eigenvalue weighted by Gasteiger charge is 2.19. The molecule has 1 heterocycles. The molecule has 1 saturated heterocycles. The molecule has 0 unspecified atom stereocenters. The van der Waals surface area contributed by atoms with E-state index in [0.29, 0.717) is 5.69 Å². The Hall–Kier alpha value is -1.17. The Morgan fingerprint density at radius 3 is 2.43 bits per heavy atom. The summed E-state index contributed by atoms with van der Waals surface area (Å²) in [5.41, 5.74) is 7.34. The summed E-state index contributed by atoms with van der Waals surface area (Å²) < 4.78 is 14.2. The highest BCUT2D eigenvalue weighted by atomic mass is 19.1. The molecule has 1 fully saturated rings. The number of halogens is 1. The molecule has 1 aromatic rings. The van der Waals surface area contributed by atoms with Gasteiger partial charge in [-0.3, -0.25) is 4.90 Å². The number of nitrogens with zero attached hydrogens (tertiary/aromatic N) is 3. The van der Waals surface area contributed by atoms with Gasteiger partial charge in [0.05, 0.1) is 5.69 Å². The standard InChI is InChI=1S/C16H27FN4/c1-13(18)14-4-5-16(15(17)12-14)21-10-8-20(9-11-21)7-6-19(2)3/h4-5,12-13H,6-11,18H2,1-3H3/t13-/m0/s1. The predicted molar refractivity (Wildman–Crippen MR) is 86.2 cm³/mol. The lowest BCUT2D eigenvalue weighted by molar-refractivity contribution is 0.229. The molecule has 1 aliphatic rings. The third kappa shape index (κ3) is 4.40. The summed E-state index contributed by atoms with van der Waals surface area (Å²) in [5.74, 6) is -0.161. The number of benzene rings is 1. The van der Waals surface area contributed by atoms with Crippen LogP contribution in [0.4, 0.5) is 10.1 Å². The van der Waals surface area contributed by atoms with Crippen molar-refractivity contribution in [1.82, 2.24) is 9.80 Å². The van der Waals surface area contributed by atoms with E-state index in [1.54, 1.807) is 6.07 Å². The summed E-state index contributed by atoms with van der Waals surface area (Å²) in [6.07, 6.45) is 0. The van der Waals surface area contributed by atoms with Crippen LogP contribution in [0.1, 0.15) is 18.5 Å². The monoisotopic (exact) mass is 294 g/mol. The number of piperazine rings is 1. The fourth-order valence-corrected chi connectivity index (χ4v) is 2.62. The van der Waals surface area contributed by atoms with Crippen LogP contribution >= 0.6 is 0 Å². The lowest BCUT2D eigenvalue weighted by Crippen LogP contribution is -2.48. The lowest BCUT2D eigenvalue weighted by atomic mass is 10.1. The molecule has 5 heteroatoms. The number of hydrogen-bond acceptors (Lipinski definition) is 4. The largest absolute Gasteiger partial charge is 0.367 e. The Morgan fingerprint density at radius 1 is 1.24 bits per heavy atom. The maximum absolute atomic E-state index is 14.2. The summed E-state index contributed by atoms with van der Waals surface area (Å²) in [6.45, 7) is 7.75. The van der Waals surface area contributed by atoms with Crippen molar-refractivity contribution in [3.63, 3.8) is 0 Å². The van der Waals surface area contributed by atoms with Crippen molar-refractivity contribution in [1.29, 1.82) is 0 Å². The molecule has 2 N–H and O–H groups in total. The van der Waals surface area contributed by atoms with E-state index in [2.05, 4.69) is 28.8 Å². The maximum Gasteiger partial charge on any atom is 0.146 e. The number of hydrogen-bond donors (Lipinski definition) is 1. The topological polar surface area (TPSA) is 35.7 Å². The molecule has 0 radical (unpaired) electrons. The van der Waals surface area contributed by atoms with Gasteiger partial charge in [0.2, 0.25) is 0 Å². The molecule has 1 aliphatic heterocycles. The quantitative estimate of drug-likeness (QED) is 0.893. The molecule has 0 bridgehead atoms. The molecular weight excluding hydrogens is 267 g/mol. The van der Waals surface area contributed by atoms with E-state index in [0.717, 1.165) is 44.8 Å². The lowest BCUT2D eigenvalue weighted by Gasteiger charge is -2.36. The molecule has 118 valence electrons. The third-order valence-corrected chi connectivity index (χ3v) is 4.07. The Balaban J connectivity index is 1.93. The van der Waals surface area contributed by atoms with Crippen LogP contribution in [-0.2, 0) is 0 Å². The van der Waals surface area contributed by atoms with Gasteiger partial charge in [-0.2, -0.15) is 0 Å². The zero-order valence-electron chi connectivity index (χ0n) is 13.3. The van der Waals surface area contributed by atoms with Crippen molar-refractivity contribution >= 4 is 5.69 Å². The molecule has 0 spiro atoms. The van der Waals surface area contributed by atoms with Gasteiger partial charge in [-0.1, -0.05) is 6.07 Å². The molecule has 21 heavy (non-hydrogen) atoms. The van der Waals surface area contributed by atoms with Crippen molar-refractivity contribution in [2.45, 2.75) is 13.0 Å². The minimum Gasteiger partial charge on any atom is -0.367 e. The Bertz CT molecular complexity index is 454. The molecule has 2 rings (SSSR count). The Labute approximate surface area is 127 Å². The summed E-state index contributed by atoms with van der Waals surface area (Å²) in [6, 6.07) is 5.24. The van der Waals surface area contributed by atoms with Crippen LogP contribution in [0.25, 0.3) is 0 Å². The Kier molecular flexibility index (Phi) is 5.56. The van der Waals surface area contributed by atoms with E-state index in [1.165, 1.54) is 0 Å². The van der Waals surface area contributed by atoms with E-state index in [9.17, 15) is 4.39 Å². The molecule has 1 aromatic carbocycles. The van der Waals surface area contributed by atoms with Crippen molar-refractivity contribution in [2.75, 3.05) is 58.3 Å². The first kappa shape index (κ1) is 16.2. The van der Waals surface area contributed by atoms with E-state index in [-0.39, 0.29) is 11.9 Å². The smallest absolute Gasteiger partial charge is 0.146 e. The number of rotatable bonds is 5. The number of likely N-dealkylation sites (N-methyl/N-ethyl adjacent to an activating group) is 1. The van der Waals surface area contributed by atoms with E-state index in [4.69, 9.17) is 5.73 Å². The van der Waals surface area contributed by atoms with Crippen LogP contribution in [0.3, 0.4) is 0 Å². The van der Waals surface area contributed by atoms with Gasteiger partial charge in [-0.25, -0.2) is 4.39 Å². The van der Waals surface area contributed by atoms with Crippen LogP contribution in [0.5, 0.6) is 0 Å². The average molecular weight is 294 g/mol. The van der Waals surface area contributed by atoms with E-state index >= 15 is 0 Å². The minimum absolute atomic E-state index is 0.128. The molecule has 0 amide bonds. The SMILES string of the molecule is C[C@H](N)c1ccc(N2CCN(CCN(C)C)CC2)c(F)c1. The molecule has 0 aliphatic carbocycles. The van der Waals surface area contributed by atoms with E-state index in [1.807, 2.05) is 19.1 Å². The average Bonchev–Trinajstić information content (AvgIpc) is 2.45. The van der Waals surface area contributed by atoms with Crippen LogP contribution in [-0.4, -0.2) is 63.2 Å². The molecule has 0 saturated carbocycles. The summed E-state index contributed by atoms with van der Waals surface area (Å²) in [7, 11) is 4.18. The van der Waals surface area contributed by atoms with Crippen LogP contribution in [0.15, 0.2) is 18.2 Å². The summed E-state index contributed by atoms with van der Waals surface area (Å²) >= 11 is 0. The second-order valence-corrected chi connectivity index (χ2v) is 6.13. The van der Waals surface area contributed by atoms with Crippen molar-refractivity contribution in [2.24, 2.45) is 5.73 Å². The second kappa shape index (κ2) is 7.20. The first-order valence-corrected chi connectivity index (χ1v) is 7.64. The first-order chi connectivity index (χ1) is 9.97. The van der Waals surface area contributed by atoms with Crippen molar-refractivity contribution < 1.29 is 4.39 Å². The van der Waals surface area contributed by atoms with Gasteiger partial charge in [0, 0.05) is 45.3 Å². The third-order valence-electron chi connectivity index (χ3n) is 4.07. The fraction of sp³-hybridized carbons (Fsp3) is 0.625. The van der Waals surface area contributed by atoms with Crippen LogP contribution < -0.4 is 10.6 Å². The molecular formula is C16H27FN4. The highest BCUT2D eigenvalue weighted by Crippen LogP contribution is 2.23. The summed E-state index contributed by atoms with van der Waals surface area (Å²) in [4.78, 5) is 6.76. The van der Waals surface area contributed by atoms with Crippen LogP contribution in [0, 0.1) is 5.82 Å². The zero-order chi connectivity index (χ0) is 15.4. The molecule has 0 aromatic heterocycles. The minimum atomic E-state index is -0.161. The van der Waals surface area contributed by atoms with Crippen LogP contribution in [0.2, 0.25) is 0 Å². The predicted octanol–water partition coefficient (Wildman–Crippen LogP) is 1.53. The van der Waals surface area contributed by atoms with E-state index < -0.39 is 0 Å². The second-order valence-electron chi connectivity index (χ2n) is 6.13. The normalized spacial score (nSPS) is 18.3. The Morgan fingerprint density at radius 2 is 1.90 bits per heavy atom. The van der Waals surface area contributed by atoms with Gasteiger partial charge in [0.25, 0.3) is 0 Å². The van der Waals surface area contributed by atoms with Crippen molar-refractivity contribution in [3.8, 4) is 0 Å². The molecule has 1 atom stereocenters. The van der Waals surface area contributed by atoms with Gasteiger partial charge in [0.15, 0.2) is 0 Å². The number of nitrogens with two attached hydrogens (primary N) is 1. The van der Waals surface area contributed by atoms with Gasteiger partial charge in [-0.15, -0.1) is 0 Å². The number of anilines is 1.